The molecule has 2 aliphatic rings. The smallest absolute Gasteiger partial charge is 0.0753 e. The molecule has 2 atom stereocenters. The maximum Gasteiger partial charge on any atom is 0.0753 e. The number of hydrogen-bond donors (Lipinski definition) is 0. The van der Waals surface area contributed by atoms with E-state index >= 15 is 0 Å². The van der Waals surface area contributed by atoms with Crippen molar-refractivity contribution in [3.05, 3.63) is 69.7 Å². The zero-order chi connectivity index (χ0) is 19.3. The van der Waals surface area contributed by atoms with Crippen molar-refractivity contribution in [2.45, 2.75) is 50.6 Å². The summed E-state index contributed by atoms with van der Waals surface area (Å²) in [6.07, 6.45) is 11.7. The summed E-state index contributed by atoms with van der Waals surface area (Å²) in [6, 6.07) is 16.3. The minimum absolute atomic E-state index is 0.262. The summed E-state index contributed by atoms with van der Waals surface area (Å²) >= 11 is 12.0. The maximum absolute atomic E-state index is 6.01. The number of hydrogen-bond acceptors (Lipinski definition) is 2. The van der Waals surface area contributed by atoms with Crippen molar-refractivity contribution in [3.8, 4) is 0 Å². The Balaban J connectivity index is 1.56. The highest BCUT2D eigenvalue weighted by Crippen LogP contribution is 2.40. The average molecular weight is 413 g/mol. The molecule has 0 N–H and O–H groups in total. The van der Waals surface area contributed by atoms with Crippen molar-refractivity contribution in [2.24, 2.45) is 21.8 Å². The first-order valence-corrected chi connectivity index (χ1v) is 11.0. The van der Waals surface area contributed by atoms with Gasteiger partial charge in [0, 0.05) is 22.5 Å². The minimum atomic E-state index is 0.262. The molecular weight excluding hydrogens is 387 g/mol. The predicted octanol–water partition coefficient (Wildman–Crippen LogP) is 6.87. The van der Waals surface area contributed by atoms with Crippen LogP contribution in [0, 0.1) is 11.8 Å². The SMILES string of the molecule is Clc1ccc(C=N[C@@H](C2CCC2)[C@@H](N=Cc2ccc(Cl)cc2)C2CCC2)cc1. The Bertz CT molecular complexity index is 747. The monoisotopic (exact) mass is 412 g/mol. The fourth-order valence-corrected chi connectivity index (χ4v) is 4.23. The minimum Gasteiger partial charge on any atom is -0.287 e. The quantitative estimate of drug-likeness (QED) is 0.443. The van der Waals surface area contributed by atoms with Crippen LogP contribution in [-0.4, -0.2) is 24.5 Å². The van der Waals surface area contributed by atoms with Crippen molar-refractivity contribution in [1.29, 1.82) is 0 Å². The van der Waals surface area contributed by atoms with Crippen LogP contribution in [0.3, 0.4) is 0 Å². The first-order chi connectivity index (χ1) is 13.7. The summed E-state index contributed by atoms with van der Waals surface area (Å²) < 4.78 is 0. The molecule has 2 saturated carbocycles. The summed E-state index contributed by atoms with van der Waals surface area (Å²) in [5, 5.41) is 1.51. The summed E-state index contributed by atoms with van der Waals surface area (Å²) in [5.41, 5.74) is 2.20. The number of aliphatic imine (C=N–C) groups is 2. The standard InChI is InChI=1S/C24H26Cl2N2/c25-21-11-7-17(8-12-21)15-27-23(19-3-1-4-19)24(20-5-2-6-20)28-16-18-9-13-22(26)14-10-18/h7-16,19-20,23-24H,1-6H2/t23-,24-/m0/s1. The Morgan fingerprint density at radius 2 is 1.00 bits per heavy atom. The largest absolute Gasteiger partial charge is 0.287 e. The van der Waals surface area contributed by atoms with E-state index in [1.807, 2.05) is 61.0 Å². The summed E-state index contributed by atoms with van der Waals surface area (Å²) in [6.45, 7) is 0. The van der Waals surface area contributed by atoms with Gasteiger partial charge in [-0.05, 0) is 72.9 Å². The van der Waals surface area contributed by atoms with Crippen LogP contribution >= 0.6 is 23.2 Å². The Morgan fingerprint density at radius 3 is 1.29 bits per heavy atom. The molecule has 0 radical (unpaired) electrons. The van der Waals surface area contributed by atoms with E-state index < -0.39 is 0 Å². The normalized spacial score (nSPS) is 20.2. The summed E-state index contributed by atoms with van der Waals surface area (Å²) in [4.78, 5) is 10.1. The molecule has 0 heterocycles. The van der Waals surface area contributed by atoms with Gasteiger partial charge in [0.25, 0.3) is 0 Å². The summed E-state index contributed by atoms with van der Waals surface area (Å²) in [7, 11) is 0. The van der Waals surface area contributed by atoms with Crippen LogP contribution in [0.15, 0.2) is 58.5 Å². The molecule has 146 valence electrons. The fraction of sp³-hybridized carbons (Fsp3) is 0.417. The van der Waals surface area contributed by atoms with Gasteiger partial charge >= 0.3 is 0 Å². The number of halogens is 2. The van der Waals surface area contributed by atoms with Crippen LogP contribution in [0.4, 0.5) is 0 Å². The highest BCUT2D eigenvalue weighted by Gasteiger charge is 2.38. The van der Waals surface area contributed by atoms with E-state index in [2.05, 4.69) is 0 Å². The lowest BCUT2D eigenvalue weighted by atomic mass is 9.70. The molecule has 28 heavy (non-hydrogen) atoms. The van der Waals surface area contributed by atoms with Gasteiger partial charge in [-0.1, -0.05) is 60.3 Å². The Morgan fingerprint density at radius 1 is 0.643 bits per heavy atom. The molecule has 0 aliphatic heterocycles. The summed E-state index contributed by atoms with van der Waals surface area (Å²) in [5.74, 6) is 1.30. The average Bonchev–Trinajstić information content (AvgIpc) is 2.61. The van der Waals surface area contributed by atoms with Gasteiger partial charge in [-0.3, -0.25) is 9.98 Å². The molecule has 4 heteroatoms. The lowest BCUT2D eigenvalue weighted by molar-refractivity contribution is 0.170. The molecule has 2 aliphatic carbocycles. The molecule has 4 rings (SSSR count). The topological polar surface area (TPSA) is 24.7 Å². The van der Waals surface area contributed by atoms with Crippen LogP contribution in [0.25, 0.3) is 0 Å². The van der Waals surface area contributed by atoms with Gasteiger partial charge in [0.2, 0.25) is 0 Å². The van der Waals surface area contributed by atoms with Crippen LogP contribution in [0.5, 0.6) is 0 Å². The van der Waals surface area contributed by atoms with E-state index in [1.54, 1.807) is 0 Å². The Labute approximate surface area is 177 Å². The van der Waals surface area contributed by atoms with Crippen molar-refractivity contribution in [3.63, 3.8) is 0 Å². The molecule has 2 aromatic carbocycles. The fourth-order valence-electron chi connectivity index (χ4n) is 3.98. The maximum atomic E-state index is 6.01. The molecule has 0 aromatic heterocycles. The second-order valence-electron chi connectivity index (χ2n) is 8.02. The van der Waals surface area contributed by atoms with Gasteiger partial charge in [-0.25, -0.2) is 0 Å². The molecule has 0 saturated heterocycles. The van der Waals surface area contributed by atoms with E-state index in [9.17, 15) is 0 Å². The van der Waals surface area contributed by atoms with Gasteiger partial charge in [0.1, 0.15) is 0 Å². The zero-order valence-electron chi connectivity index (χ0n) is 16.0. The number of rotatable bonds is 7. The van der Waals surface area contributed by atoms with Gasteiger partial charge in [-0.2, -0.15) is 0 Å². The molecule has 0 spiro atoms. The van der Waals surface area contributed by atoms with E-state index in [4.69, 9.17) is 33.2 Å². The first kappa shape index (κ1) is 19.7. The van der Waals surface area contributed by atoms with Gasteiger partial charge in [-0.15, -0.1) is 0 Å². The van der Waals surface area contributed by atoms with Crippen LogP contribution in [0.1, 0.15) is 49.7 Å². The van der Waals surface area contributed by atoms with E-state index in [0.717, 1.165) is 21.2 Å². The second kappa shape index (κ2) is 9.24. The van der Waals surface area contributed by atoms with Gasteiger partial charge in [0.15, 0.2) is 0 Å². The highest BCUT2D eigenvalue weighted by atomic mass is 35.5. The van der Waals surface area contributed by atoms with Crippen LogP contribution in [-0.2, 0) is 0 Å². The lowest BCUT2D eigenvalue weighted by Crippen LogP contribution is -2.41. The van der Waals surface area contributed by atoms with Crippen molar-refractivity contribution >= 4 is 35.6 Å². The first-order valence-electron chi connectivity index (χ1n) is 10.3. The molecule has 2 fully saturated rings. The predicted molar refractivity (Wildman–Crippen MR) is 120 cm³/mol. The van der Waals surface area contributed by atoms with Crippen molar-refractivity contribution in [1.82, 2.24) is 0 Å². The van der Waals surface area contributed by atoms with E-state index in [-0.39, 0.29) is 12.1 Å². The Hall–Kier alpha value is -1.64. The highest BCUT2D eigenvalue weighted by molar-refractivity contribution is 6.30. The molecule has 2 nitrogen and oxygen atoms in total. The molecule has 0 amide bonds. The Kier molecular flexibility index (Phi) is 6.49. The molecule has 0 unspecified atom stereocenters. The third-order valence-corrected chi connectivity index (χ3v) is 6.65. The van der Waals surface area contributed by atoms with E-state index in [1.165, 1.54) is 38.5 Å². The molecule has 2 aromatic rings. The number of nitrogens with zero attached hydrogens (tertiary/aromatic N) is 2. The van der Waals surface area contributed by atoms with Crippen LogP contribution < -0.4 is 0 Å². The third-order valence-electron chi connectivity index (χ3n) is 6.15. The molecular formula is C24H26Cl2N2. The zero-order valence-corrected chi connectivity index (χ0v) is 17.5. The van der Waals surface area contributed by atoms with E-state index in [0.29, 0.717) is 11.8 Å². The lowest BCUT2D eigenvalue weighted by Gasteiger charge is -2.40. The molecule has 0 bridgehead atoms. The van der Waals surface area contributed by atoms with Crippen LogP contribution in [0.2, 0.25) is 10.0 Å². The second-order valence-corrected chi connectivity index (χ2v) is 8.90. The third kappa shape index (κ3) is 4.85. The van der Waals surface area contributed by atoms with Gasteiger partial charge in [0.05, 0.1) is 12.1 Å². The van der Waals surface area contributed by atoms with Gasteiger partial charge < -0.3 is 0 Å². The van der Waals surface area contributed by atoms with Crippen molar-refractivity contribution < 1.29 is 0 Å². The number of benzene rings is 2. The van der Waals surface area contributed by atoms with Crippen molar-refractivity contribution in [2.75, 3.05) is 0 Å².